The zero-order valence-corrected chi connectivity index (χ0v) is 14.2. The van der Waals surface area contributed by atoms with E-state index in [-0.39, 0.29) is 11.5 Å². The maximum absolute atomic E-state index is 13.9. The number of fused-ring (bicyclic) bond motifs is 1. The Balaban J connectivity index is 1.57. The number of aromatic nitrogens is 2. The molecule has 1 saturated heterocycles. The molecule has 0 radical (unpaired) electrons. The van der Waals surface area contributed by atoms with Crippen LogP contribution in [0.2, 0.25) is 0 Å². The molecule has 0 saturated carbocycles. The summed E-state index contributed by atoms with van der Waals surface area (Å²) < 4.78 is 25.0. The molecule has 1 fully saturated rings. The molecule has 0 aliphatic carbocycles. The number of nitrogens with one attached hydrogen (secondary N) is 2. The first kappa shape index (κ1) is 16.7. The SMILES string of the molecule is Oc1ccc(Oc2cc(NCC3CCOCC3)c3nc[nH]c3c2)c(F)c1. The van der Waals surface area contributed by atoms with Crippen LogP contribution in [0.15, 0.2) is 36.7 Å². The lowest BCUT2D eigenvalue weighted by Gasteiger charge is -2.23. The van der Waals surface area contributed by atoms with Crippen molar-refractivity contribution in [3.05, 3.63) is 42.5 Å². The van der Waals surface area contributed by atoms with Crippen LogP contribution in [0.25, 0.3) is 11.0 Å². The second-order valence-electron chi connectivity index (χ2n) is 6.42. The van der Waals surface area contributed by atoms with Crippen LogP contribution in [0, 0.1) is 11.7 Å². The molecule has 4 rings (SSSR count). The topological polar surface area (TPSA) is 79.4 Å². The van der Waals surface area contributed by atoms with Gasteiger partial charge in [0.1, 0.15) is 17.0 Å². The lowest BCUT2D eigenvalue weighted by Crippen LogP contribution is -2.22. The van der Waals surface area contributed by atoms with Crippen molar-refractivity contribution in [2.45, 2.75) is 12.8 Å². The normalized spacial score (nSPS) is 15.3. The standard InChI is InChI=1S/C19H20FN3O3/c20-15-7-13(24)1-2-18(15)26-14-8-16(19-17(9-14)22-11-23-19)21-10-12-3-5-25-6-4-12/h1-2,7-9,11-12,21,24H,3-6,10H2,(H,22,23). The van der Waals surface area contributed by atoms with Crippen LogP contribution in [-0.4, -0.2) is 34.8 Å². The molecule has 7 heteroatoms. The van der Waals surface area contributed by atoms with Gasteiger partial charge in [-0.05, 0) is 30.9 Å². The average molecular weight is 357 g/mol. The number of aromatic amines is 1. The summed E-state index contributed by atoms with van der Waals surface area (Å²) in [4.78, 5) is 7.42. The fraction of sp³-hybridized carbons (Fsp3) is 0.316. The van der Waals surface area contributed by atoms with Gasteiger partial charge < -0.3 is 24.9 Å². The number of ether oxygens (including phenoxy) is 2. The van der Waals surface area contributed by atoms with Crippen molar-refractivity contribution in [1.82, 2.24) is 9.97 Å². The smallest absolute Gasteiger partial charge is 0.169 e. The van der Waals surface area contributed by atoms with Crippen LogP contribution in [0.1, 0.15) is 12.8 Å². The summed E-state index contributed by atoms with van der Waals surface area (Å²) in [7, 11) is 0. The summed E-state index contributed by atoms with van der Waals surface area (Å²) in [5.41, 5.74) is 2.45. The second kappa shape index (κ2) is 7.21. The Labute approximate surface area is 150 Å². The van der Waals surface area contributed by atoms with Gasteiger partial charge in [-0.3, -0.25) is 0 Å². The molecule has 3 aromatic rings. The molecule has 26 heavy (non-hydrogen) atoms. The highest BCUT2D eigenvalue weighted by Crippen LogP contribution is 2.32. The second-order valence-corrected chi connectivity index (χ2v) is 6.42. The quantitative estimate of drug-likeness (QED) is 0.642. The molecule has 0 atom stereocenters. The van der Waals surface area contributed by atoms with Gasteiger partial charge in [0.05, 0.1) is 17.5 Å². The van der Waals surface area contributed by atoms with Crippen molar-refractivity contribution < 1.29 is 19.0 Å². The van der Waals surface area contributed by atoms with E-state index in [0.717, 1.165) is 55.4 Å². The lowest BCUT2D eigenvalue weighted by molar-refractivity contribution is 0.0699. The highest BCUT2D eigenvalue weighted by atomic mass is 19.1. The summed E-state index contributed by atoms with van der Waals surface area (Å²) in [6.07, 6.45) is 3.69. The first-order valence-electron chi connectivity index (χ1n) is 8.64. The van der Waals surface area contributed by atoms with Gasteiger partial charge in [0.15, 0.2) is 11.6 Å². The van der Waals surface area contributed by atoms with Gasteiger partial charge in [0.2, 0.25) is 0 Å². The van der Waals surface area contributed by atoms with Crippen molar-refractivity contribution in [3.63, 3.8) is 0 Å². The third-order valence-corrected chi connectivity index (χ3v) is 4.56. The van der Waals surface area contributed by atoms with E-state index >= 15 is 0 Å². The number of aromatic hydroxyl groups is 1. The fourth-order valence-corrected chi connectivity index (χ4v) is 3.12. The molecule has 136 valence electrons. The summed E-state index contributed by atoms with van der Waals surface area (Å²) >= 11 is 0. The van der Waals surface area contributed by atoms with E-state index in [0.29, 0.717) is 11.7 Å². The number of imidazole rings is 1. The number of hydrogen-bond donors (Lipinski definition) is 3. The molecule has 0 amide bonds. The molecule has 2 aromatic carbocycles. The Morgan fingerprint density at radius 1 is 1.27 bits per heavy atom. The molecular weight excluding hydrogens is 337 g/mol. The van der Waals surface area contributed by atoms with Crippen LogP contribution >= 0.6 is 0 Å². The predicted molar refractivity (Wildman–Crippen MR) is 96.3 cm³/mol. The highest BCUT2D eigenvalue weighted by molar-refractivity contribution is 5.89. The molecule has 2 heterocycles. The maximum atomic E-state index is 13.9. The minimum Gasteiger partial charge on any atom is -0.508 e. The van der Waals surface area contributed by atoms with E-state index in [1.807, 2.05) is 6.07 Å². The molecule has 0 unspecified atom stereocenters. The van der Waals surface area contributed by atoms with Gasteiger partial charge in [-0.1, -0.05) is 0 Å². The third-order valence-electron chi connectivity index (χ3n) is 4.56. The number of phenolic OH excluding ortho intramolecular Hbond substituents is 1. The molecule has 3 N–H and O–H groups in total. The molecule has 1 aromatic heterocycles. The summed E-state index contributed by atoms with van der Waals surface area (Å²) in [5, 5.41) is 12.8. The number of anilines is 1. The molecule has 0 bridgehead atoms. The molecular formula is C19H20FN3O3. The van der Waals surface area contributed by atoms with E-state index in [2.05, 4.69) is 15.3 Å². The van der Waals surface area contributed by atoms with E-state index in [9.17, 15) is 9.50 Å². The van der Waals surface area contributed by atoms with Crippen LogP contribution in [0.5, 0.6) is 17.2 Å². The molecule has 1 aliphatic heterocycles. The van der Waals surface area contributed by atoms with Crippen molar-refractivity contribution in [2.75, 3.05) is 25.1 Å². The van der Waals surface area contributed by atoms with Crippen molar-refractivity contribution >= 4 is 16.7 Å². The van der Waals surface area contributed by atoms with Gasteiger partial charge in [0, 0.05) is 38.0 Å². The van der Waals surface area contributed by atoms with Gasteiger partial charge >= 0.3 is 0 Å². The van der Waals surface area contributed by atoms with E-state index in [4.69, 9.17) is 9.47 Å². The van der Waals surface area contributed by atoms with Crippen molar-refractivity contribution in [2.24, 2.45) is 5.92 Å². The molecule has 6 nitrogen and oxygen atoms in total. The largest absolute Gasteiger partial charge is 0.508 e. The monoisotopic (exact) mass is 357 g/mol. The first-order chi connectivity index (χ1) is 12.7. The van der Waals surface area contributed by atoms with Gasteiger partial charge in [-0.25, -0.2) is 9.37 Å². The Kier molecular flexibility index (Phi) is 4.62. The van der Waals surface area contributed by atoms with Gasteiger partial charge in [-0.15, -0.1) is 0 Å². The van der Waals surface area contributed by atoms with Crippen molar-refractivity contribution in [1.29, 1.82) is 0 Å². The van der Waals surface area contributed by atoms with Crippen LogP contribution < -0.4 is 10.1 Å². The van der Waals surface area contributed by atoms with E-state index in [1.54, 1.807) is 12.4 Å². The number of benzene rings is 2. The summed E-state index contributed by atoms with van der Waals surface area (Å²) in [6.45, 7) is 2.42. The maximum Gasteiger partial charge on any atom is 0.169 e. The zero-order valence-electron chi connectivity index (χ0n) is 14.2. The third kappa shape index (κ3) is 3.57. The zero-order chi connectivity index (χ0) is 17.9. The van der Waals surface area contributed by atoms with E-state index in [1.165, 1.54) is 12.1 Å². The Hall–Kier alpha value is -2.80. The minimum absolute atomic E-state index is 0.0528. The number of halogens is 1. The Bertz CT molecular complexity index is 906. The van der Waals surface area contributed by atoms with Gasteiger partial charge in [0.25, 0.3) is 0 Å². The first-order valence-corrected chi connectivity index (χ1v) is 8.64. The fourth-order valence-electron chi connectivity index (χ4n) is 3.12. The molecule has 0 spiro atoms. The summed E-state index contributed by atoms with van der Waals surface area (Å²) in [6, 6.07) is 7.39. The van der Waals surface area contributed by atoms with Crippen LogP contribution in [-0.2, 0) is 4.74 Å². The minimum atomic E-state index is -0.619. The lowest BCUT2D eigenvalue weighted by atomic mass is 10.0. The number of H-pyrrole nitrogens is 1. The number of phenols is 1. The Morgan fingerprint density at radius 3 is 2.92 bits per heavy atom. The summed E-state index contributed by atoms with van der Waals surface area (Å²) in [5.74, 6) is 0.332. The Morgan fingerprint density at radius 2 is 2.12 bits per heavy atom. The number of rotatable bonds is 5. The van der Waals surface area contributed by atoms with Gasteiger partial charge in [-0.2, -0.15) is 0 Å². The number of hydrogen-bond acceptors (Lipinski definition) is 5. The van der Waals surface area contributed by atoms with Crippen LogP contribution in [0.4, 0.5) is 10.1 Å². The number of nitrogens with zero attached hydrogens (tertiary/aromatic N) is 1. The molecule has 1 aliphatic rings. The average Bonchev–Trinajstić information content (AvgIpc) is 3.12. The van der Waals surface area contributed by atoms with Crippen molar-refractivity contribution in [3.8, 4) is 17.2 Å². The predicted octanol–water partition coefficient (Wildman–Crippen LogP) is 4.04. The highest BCUT2D eigenvalue weighted by Gasteiger charge is 2.15. The van der Waals surface area contributed by atoms with E-state index < -0.39 is 5.82 Å². The van der Waals surface area contributed by atoms with Crippen LogP contribution in [0.3, 0.4) is 0 Å².